The van der Waals surface area contributed by atoms with Crippen LogP contribution in [0.2, 0.25) is 0 Å². The molecule has 2 heterocycles. The molecule has 2 aromatic carbocycles. The van der Waals surface area contributed by atoms with Gasteiger partial charge >= 0.3 is 0 Å². The number of likely N-dealkylation sites (N-methyl/N-ethyl adjacent to an activating group) is 1. The van der Waals surface area contributed by atoms with Gasteiger partial charge in [0.15, 0.2) is 0 Å². The summed E-state index contributed by atoms with van der Waals surface area (Å²) >= 11 is 0. The lowest BCUT2D eigenvalue weighted by molar-refractivity contribution is -0.134. The first-order valence-electron chi connectivity index (χ1n) is 11.1. The predicted octanol–water partition coefficient (Wildman–Crippen LogP) is 3.31. The molecule has 1 atom stereocenters. The fraction of sp³-hybridized carbons (Fsp3) is 0.400. The van der Waals surface area contributed by atoms with Gasteiger partial charge < -0.3 is 14.1 Å². The number of benzene rings is 2. The van der Waals surface area contributed by atoms with Gasteiger partial charge in [0.05, 0.1) is 13.2 Å². The van der Waals surface area contributed by atoms with Crippen LogP contribution in [0.4, 0.5) is 0 Å². The number of piperazine rings is 1. The first-order valence-corrected chi connectivity index (χ1v) is 11.1. The minimum absolute atomic E-state index is 0.136. The van der Waals surface area contributed by atoms with E-state index in [9.17, 15) is 4.79 Å². The Hall–Kier alpha value is -3.19. The fourth-order valence-corrected chi connectivity index (χ4v) is 4.04. The quantitative estimate of drug-likeness (QED) is 0.542. The molecule has 1 fully saturated rings. The molecule has 3 aromatic rings. The van der Waals surface area contributed by atoms with Gasteiger partial charge in [-0.1, -0.05) is 42.5 Å². The Morgan fingerprint density at radius 3 is 2.44 bits per heavy atom. The first kappa shape index (κ1) is 22.0. The number of hydrogen-bond donors (Lipinski definition) is 0. The number of ether oxygens (including phenoxy) is 1. The number of hydrogen-bond acceptors (Lipinski definition) is 6. The number of rotatable bonds is 8. The van der Waals surface area contributed by atoms with Crippen molar-refractivity contribution in [2.75, 3.05) is 33.8 Å². The largest absolute Gasteiger partial charge is 0.497 e. The highest BCUT2D eigenvalue weighted by Gasteiger charge is 2.28. The van der Waals surface area contributed by atoms with E-state index in [1.54, 1.807) is 7.11 Å². The SMILES string of the molecule is COc1ccc(CCc2nnc(CCC(=O)N3CCN(C)[C@H](c4ccccc4)C3)o2)cc1. The zero-order valence-electron chi connectivity index (χ0n) is 18.7. The molecule has 1 amide bonds. The molecule has 1 saturated heterocycles. The maximum absolute atomic E-state index is 12.8. The normalized spacial score (nSPS) is 16.8. The summed E-state index contributed by atoms with van der Waals surface area (Å²) in [6.07, 6.45) is 2.33. The standard InChI is InChI=1S/C25H30N4O3/c1-28-16-17-29(18-22(28)20-6-4-3-5-7-20)25(30)15-14-24-27-26-23(32-24)13-10-19-8-11-21(31-2)12-9-19/h3-9,11-12,22H,10,13-18H2,1-2H3/t22-/m0/s1. The Balaban J connectivity index is 1.26. The van der Waals surface area contributed by atoms with Crippen molar-refractivity contribution in [3.05, 3.63) is 77.5 Å². The van der Waals surface area contributed by atoms with Crippen molar-refractivity contribution in [1.29, 1.82) is 0 Å². The zero-order chi connectivity index (χ0) is 22.3. The predicted molar refractivity (Wildman–Crippen MR) is 121 cm³/mol. The third-order valence-corrected chi connectivity index (χ3v) is 6.03. The molecule has 7 heteroatoms. The van der Waals surface area contributed by atoms with Crippen LogP contribution in [0, 0.1) is 0 Å². The molecule has 168 valence electrons. The first-order chi connectivity index (χ1) is 15.6. The minimum Gasteiger partial charge on any atom is -0.497 e. The van der Waals surface area contributed by atoms with E-state index in [0.29, 0.717) is 37.6 Å². The van der Waals surface area contributed by atoms with Crippen molar-refractivity contribution in [1.82, 2.24) is 20.0 Å². The molecule has 0 radical (unpaired) electrons. The molecular formula is C25H30N4O3. The van der Waals surface area contributed by atoms with Crippen molar-refractivity contribution >= 4 is 5.91 Å². The lowest BCUT2D eigenvalue weighted by Crippen LogP contribution is -2.49. The summed E-state index contributed by atoms with van der Waals surface area (Å²) in [6, 6.07) is 18.6. The number of amides is 1. The van der Waals surface area contributed by atoms with Gasteiger partial charge in [-0.2, -0.15) is 0 Å². The van der Waals surface area contributed by atoms with Gasteiger partial charge in [-0.3, -0.25) is 9.69 Å². The smallest absolute Gasteiger partial charge is 0.223 e. The van der Waals surface area contributed by atoms with Gasteiger partial charge in [0.25, 0.3) is 0 Å². The summed E-state index contributed by atoms with van der Waals surface area (Å²) in [6.45, 7) is 2.31. The lowest BCUT2D eigenvalue weighted by atomic mass is 10.0. The summed E-state index contributed by atoms with van der Waals surface area (Å²) < 4.78 is 11.0. The third kappa shape index (κ3) is 5.53. The summed E-state index contributed by atoms with van der Waals surface area (Å²) in [5.74, 6) is 2.11. The van der Waals surface area contributed by atoms with E-state index in [0.717, 1.165) is 25.3 Å². The summed E-state index contributed by atoms with van der Waals surface area (Å²) in [5.41, 5.74) is 2.43. The van der Waals surface area contributed by atoms with E-state index in [1.807, 2.05) is 47.4 Å². The van der Waals surface area contributed by atoms with E-state index >= 15 is 0 Å². The van der Waals surface area contributed by atoms with Gasteiger partial charge in [-0.05, 0) is 36.7 Å². The van der Waals surface area contributed by atoms with E-state index in [2.05, 4.69) is 34.3 Å². The lowest BCUT2D eigenvalue weighted by Gasteiger charge is -2.39. The van der Waals surface area contributed by atoms with Gasteiger partial charge in [0.1, 0.15) is 5.75 Å². The molecule has 0 N–H and O–H groups in total. The van der Waals surface area contributed by atoms with Crippen LogP contribution in [0.15, 0.2) is 59.0 Å². The molecule has 1 aliphatic rings. The number of carbonyl (C=O) groups excluding carboxylic acids is 1. The highest BCUT2D eigenvalue weighted by Crippen LogP contribution is 2.24. The highest BCUT2D eigenvalue weighted by atomic mass is 16.5. The summed E-state index contributed by atoms with van der Waals surface area (Å²) in [4.78, 5) is 17.1. The Bertz CT molecular complexity index is 1000. The maximum Gasteiger partial charge on any atom is 0.223 e. The molecule has 7 nitrogen and oxygen atoms in total. The number of aryl methyl sites for hydroxylation is 3. The monoisotopic (exact) mass is 434 g/mol. The maximum atomic E-state index is 12.8. The van der Waals surface area contributed by atoms with E-state index in [-0.39, 0.29) is 11.9 Å². The Morgan fingerprint density at radius 2 is 1.72 bits per heavy atom. The number of methoxy groups -OCH3 is 1. The average molecular weight is 435 g/mol. The van der Waals surface area contributed by atoms with Crippen LogP contribution in [-0.2, 0) is 24.1 Å². The van der Waals surface area contributed by atoms with Crippen LogP contribution < -0.4 is 4.74 Å². The number of nitrogens with zero attached hydrogens (tertiary/aromatic N) is 4. The molecule has 0 bridgehead atoms. The zero-order valence-corrected chi connectivity index (χ0v) is 18.7. The molecule has 1 aliphatic heterocycles. The molecular weight excluding hydrogens is 404 g/mol. The number of carbonyl (C=O) groups is 1. The Morgan fingerprint density at radius 1 is 1.00 bits per heavy atom. The van der Waals surface area contributed by atoms with E-state index in [4.69, 9.17) is 9.15 Å². The summed E-state index contributed by atoms with van der Waals surface area (Å²) in [5, 5.41) is 8.28. The molecule has 1 aromatic heterocycles. The average Bonchev–Trinajstić information content (AvgIpc) is 3.30. The van der Waals surface area contributed by atoms with Crippen LogP contribution >= 0.6 is 0 Å². The van der Waals surface area contributed by atoms with Crippen molar-refractivity contribution in [2.45, 2.75) is 31.7 Å². The van der Waals surface area contributed by atoms with Gasteiger partial charge in [0, 0.05) is 38.9 Å². The third-order valence-electron chi connectivity index (χ3n) is 6.03. The van der Waals surface area contributed by atoms with Crippen LogP contribution in [0.1, 0.15) is 35.4 Å². The second-order valence-electron chi connectivity index (χ2n) is 8.18. The van der Waals surface area contributed by atoms with Crippen molar-refractivity contribution in [3.63, 3.8) is 0 Å². The van der Waals surface area contributed by atoms with E-state index < -0.39 is 0 Å². The molecule has 4 rings (SSSR count). The van der Waals surface area contributed by atoms with Crippen LogP contribution in [0.5, 0.6) is 5.75 Å². The minimum atomic E-state index is 0.136. The van der Waals surface area contributed by atoms with Crippen molar-refractivity contribution < 1.29 is 13.9 Å². The topological polar surface area (TPSA) is 71.7 Å². The van der Waals surface area contributed by atoms with Crippen molar-refractivity contribution in [2.24, 2.45) is 0 Å². The summed E-state index contributed by atoms with van der Waals surface area (Å²) in [7, 11) is 3.77. The van der Waals surface area contributed by atoms with Crippen LogP contribution in [0.25, 0.3) is 0 Å². The van der Waals surface area contributed by atoms with Crippen LogP contribution in [-0.4, -0.2) is 59.7 Å². The second-order valence-corrected chi connectivity index (χ2v) is 8.18. The van der Waals surface area contributed by atoms with Gasteiger partial charge in [0.2, 0.25) is 17.7 Å². The number of aromatic nitrogens is 2. The fourth-order valence-electron chi connectivity index (χ4n) is 4.04. The Kier molecular flexibility index (Phi) is 7.17. The molecule has 0 aliphatic carbocycles. The highest BCUT2D eigenvalue weighted by molar-refractivity contribution is 5.76. The Labute approximate surface area is 189 Å². The molecule has 0 saturated carbocycles. The molecule has 0 spiro atoms. The van der Waals surface area contributed by atoms with E-state index in [1.165, 1.54) is 11.1 Å². The van der Waals surface area contributed by atoms with Gasteiger partial charge in [-0.15, -0.1) is 10.2 Å². The second kappa shape index (κ2) is 10.4. The van der Waals surface area contributed by atoms with Crippen molar-refractivity contribution in [3.8, 4) is 5.75 Å². The molecule has 32 heavy (non-hydrogen) atoms. The van der Waals surface area contributed by atoms with Gasteiger partial charge in [-0.25, -0.2) is 0 Å². The van der Waals surface area contributed by atoms with Crippen LogP contribution in [0.3, 0.4) is 0 Å². The molecule has 0 unspecified atom stereocenters.